The molecule has 2 N–H and O–H groups in total. The number of halogens is 4. The number of hydrogen-bond donors (Lipinski definition) is 1. The summed E-state index contributed by atoms with van der Waals surface area (Å²) >= 11 is 0. The lowest BCUT2D eigenvalue weighted by atomic mass is 10.1. The Balaban J connectivity index is 0.00000312. The molecule has 2 atom stereocenters. The minimum atomic E-state index is -4.27. The van der Waals surface area contributed by atoms with Crippen LogP contribution in [-0.2, 0) is 14.3 Å². The van der Waals surface area contributed by atoms with Crippen molar-refractivity contribution in [1.29, 1.82) is 0 Å². The van der Waals surface area contributed by atoms with Gasteiger partial charge in [0.1, 0.15) is 12.7 Å². The zero-order valence-electron chi connectivity index (χ0n) is 14.2. The number of carbonyl (C=O) groups excluding carboxylic acids is 1. The number of carbonyl (C=O) groups is 1. The van der Waals surface area contributed by atoms with Crippen molar-refractivity contribution in [2.75, 3.05) is 52.5 Å². The van der Waals surface area contributed by atoms with Gasteiger partial charge in [-0.25, -0.2) is 0 Å². The van der Waals surface area contributed by atoms with Gasteiger partial charge in [-0.15, -0.1) is 12.4 Å². The molecule has 0 spiro atoms. The highest BCUT2D eigenvalue weighted by atomic mass is 35.5. The van der Waals surface area contributed by atoms with Crippen LogP contribution in [0.25, 0.3) is 0 Å². The SMILES string of the molecule is Cl.NC[C@H]1CC[C@@H](C(=O)N2CCN(CCCOCC(F)(F)F)CC2)O1. The first-order valence-corrected chi connectivity index (χ1v) is 8.40. The molecule has 0 unspecified atom stereocenters. The van der Waals surface area contributed by atoms with Crippen molar-refractivity contribution >= 4 is 18.3 Å². The molecule has 0 radical (unpaired) electrons. The largest absolute Gasteiger partial charge is 0.411 e. The van der Waals surface area contributed by atoms with Gasteiger partial charge in [-0.3, -0.25) is 9.69 Å². The molecular formula is C15H27ClF3N3O3. The predicted molar refractivity (Wildman–Crippen MR) is 88.7 cm³/mol. The summed E-state index contributed by atoms with van der Waals surface area (Å²) < 4.78 is 46.1. The maximum Gasteiger partial charge on any atom is 0.411 e. The zero-order chi connectivity index (χ0) is 17.6. The summed E-state index contributed by atoms with van der Waals surface area (Å²) in [5.74, 6) is 0.0270. The van der Waals surface area contributed by atoms with Crippen molar-refractivity contribution in [1.82, 2.24) is 9.80 Å². The fourth-order valence-electron chi connectivity index (χ4n) is 3.03. The van der Waals surface area contributed by atoms with Gasteiger partial charge in [-0.05, 0) is 19.3 Å². The molecule has 0 bridgehead atoms. The van der Waals surface area contributed by atoms with Crippen LogP contribution in [0, 0.1) is 0 Å². The second kappa shape index (κ2) is 10.5. The minimum absolute atomic E-state index is 0. The molecule has 6 nitrogen and oxygen atoms in total. The molecule has 2 rings (SSSR count). The molecule has 2 saturated heterocycles. The molecule has 0 saturated carbocycles. The number of nitrogens with two attached hydrogens (primary N) is 1. The van der Waals surface area contributed by atoms with Crippen LogP contribution < -0.4 is 5.73 Å². The first-order valence-electron chi connectivity index (χ1n) is 8.40. The zero-order valence-corrected chi connectivity index (χ0v) is 15.0. The van der Waals surface area contributed by atoms with Crippen LogP contribution in [0.15, 0.2) is 0 Å². The smallest absolute Gasteiger partial charge is 0.372 e. The molecule has 0 aromatic heterocycles. The average molecular weight is 390 g/mol. The third kappa shape index (κ3) is 7.65. The summed E-state index contributed by atoms with van der Waals surface area (Å²) in [6, 6.07) is 0. The van der Waals surface area contributed by atoms with E-state index in [4.69, 9.17) is 10.5 Å². The highest BCUT2D eigenvalue weighted by Gasteiger charge is 2.34. The van der Waals surface area contributed by atoms with E-state index in [1.165, 1.54) is 0 Å². The van der Waals surface area contributed by atoms with Crippen LogP contribution in [0.4, 0.5) is 13.2 Å². The Hall–Kier alpha value is -0.610. The highest BCUT2D eigenvalue weighted by molar-refractivity contribution is 5.85. The summed E-state index contributed by atoms with van der Waals surface area (Å²) in [6.45, 7) is 2.69. The van der Waals surface area contributed by atoms with E-state index in [0.717, 1.165) is 25.9 Å². The van der Waals surface area contributed by atoms with Crippen molar-refractivity contribution in [3.05, 3.63) is 0 Å². The van der Waals surface area contributed by atoms with Gasteiger partial charge >= 0.3 is 6.18 Å². The van der Waals surface area contributed by atoms with Crippen LogP contribution in [0.1, 0.15) is 19.3 Å². The van der Waals surface area contributed by atoms with E-state index in [2.05, 4.69) is 9.64 Å². The Morgan fingerprint density at radius 2 is 1.88 bits per heavy atom. The molecule has 0 aliphatic carbocycles. The maximum atomic E-state index is 12.4. The first kappa shape index (κ1) is 22.4. The Kier molecular flexibility index (Phi) is 9.44. The topological polar surface area (TPSA) is 68.0 Å². The van der Waals surface area contributed by atoms with Crippen LogP contribution in [0.5, 0.6) is 0 Å². The van der Waals surface area contributed by atoms with E-state index in [1.54, 1.807) is 4.90 Å². The third-order valence-corrected chi connectivity index (χ3v) is 4.36. The van der Waals surface area contributed by atoms with Gasteiger partial charge in [0.05, 0.1) is 6.10 Å². The highest BCUT2D eigenvalue weighted by Crippen LogP contribution is 2.21. The lowest BCUT2D eigenvalue weighted by molar-refractivity contribution is -0.174. The second-order valence-electron chi connectivity index (χ2n) is 6.25. The predicted octanol–water partition coefficient (Wildman–Crippen LogP) is 1.03. The molecule has 2 aliphatic heterocycles. The number of ether oxygens (including phenoxy) is 2. The van der Waals surface area contributed by atoms with Crippen LogP contribution in [0.2, 0.25) is 0 Å². The minimum Gasteiger partial charge on any atom is -0.372 e. The second-order valence-corrected chi connectivity index (χ2v) is 6.25. The summed E-state index contributed by atoms with van der Waals surface area (Å²) in [4.78, 5) is 16.3. The molecular weight excluding hydrogens is 363 g/mol. The van der Waals surface area contributed by atoms with Crippen molar-refractivity contribution in [3.8, 4) is 0 Å². The number of alkyl halides is 3. The number of rotatable bonds is 7. The molecule has 2 heterocycles. The molecule has 0 aromatic rings. The lowest BCUT2D eigenvalue weighted by Gasteiger charge is -2.35. The summed E-state index contributed by atoms with van der Waals surface area (Å²) in [5.41, 5.74) is 5.56. The van der Waals surface area contributed by atoms with Gasteiger partial charge in [0, 0.05) is 45.9 Å². The standard InChI is InChI=1S/C15H26F3N3O3.ClH/c16-15(17,18)11-23-9-1-4-20-5-7-21(8-6-20)14(22)13-3-2-12(10-19)24-13;/h12-13H,1-11,19H2;1H/t12-,13+;/m1./s1. The molecule has 1 amide bonds. The normalized spacial score (nSPS) is 25.0. The van der Waals surface area contributed by atoms with Gasteiger partial charge in [0.25, 0.3) is 5.91 Å². The van der Waals surface area contributed by atoms with Crippen molar-refractivity contribution < 1.29 is 27.4 Å². The van der Waals surface area contributed by atoms with E-state index in [0.29, 0.717) is 32.6 Å². The van der Waals surface area contributed by atoms with Gasteiger partial charge in [0.15, 0.2) is 0 Å². The third-order valence-electron chi connectivity index (χ3n) is 4.36. The molecule has 2 fully saturated rings. The fourth-order valence-corrected chi connectivity index (χ4v) is 3.03. The van der Waals surface area contributed by atoms with Gasteiger partial charge in [0.2, 0.25) is 0 Å². The molecule has 148 valence electrons. The average Bonchev–Trinajstić information content (AvgIpc) is 3.02. The Labute approximate surface area is 152 Å². The van der Waals surface area contributed by atoms with Crippen molar-refractivity contribution in [2.45, 2.75) is 37.6 Å². The molecule has 2 aliphatic rings. The van der Waals surface area contributed by atoms with Gasteiger partial charge in [-0.1, -0.05) is 0 Å². The quantitative estimate of drug-likeness (QED) is 0.659. The summed E-state index contributed by atoms with van der Waals surface area (Å²) in [5, 5.41) is 0. The van der Waals surface area contributed by atoms with E-state index >= 15 is 0 Å². The Morgan fingerprint density at radius 1 is 1.20 bits per heavy atom. The van der Waals surface area contributed by atoms with E-state index < -0.39 is 12.8 Å². The van der Waals surface area contributed by atoms with Crippen LogP contribution in [-0.4, -0.2) is 86.6 Å². The molecule has 0 aromatic carbocycles. The number of amides is 1. The van der Waals surface area contributed by atoms with Crippen LogP contribution in [0.3, 0.4) is 0 Å². The van der Waals surface area contributed by atoms with E-state index in [1.807, 2.05) is 0 Å². The lowest BCUT2D eigenvalue weighted by Crippen LogP contribution is -2.51. The van der Waals surface area contributed by atoms with E-state index in [9.17, 15) is 18.0 Å². The molecule has 10 heteroatoms. The summed E-state index contributed by atoms with van der Waals surface area (Å²) in [7, 11) is 0. The first-order chi connectivity index (χ1) is 11.4. The number of hydrogen-bond acceptors (Lipinski definition) is 5. The van der Waals surface area contributed by atoms with Crippen LogP contribution >= 0.6 is 12.4 Å². The summed E-state index contributed by atoms with van der Waals surface area (Å²) in [6.07, 6.45) is -2.56. The van der Waals surface area contributed by atoms with Gasteiger partial charge < -0.3 is 20.1 Å². The van der Waals surface area contributed by atoms with Crippen molar-refractivity contribution in [3.63, 3.8) is 0 Å². The maximum absolute atomic E-state index is 12.4. The number of nitrogens with zero attached hydrogens (tertiary/aromatic N) is 2. The Bertz CT molecular complexity index is 407. The fraction of sp³-hybridized carbons (Fsp3) is 0.933. The van der Waals surface area contributed by atoms with E-state index in [-0.39, 0.29) is 37.1 Å². The monoisotopic (exact) mass is 389 g/mol. The Morgan fingerprint density at radius 3 is 2.44 bits per heavy atom. The molecule has 25 heavy (non-hydrogen) atoms. The van der Waals surface area contributed by atoms with Crippen molar-refractivity contribution in [2.24, 2.45) is 5.73 Å². The number of piperazine rings is 1. The van der Waals surface area contributed by atoms with Gasteiger partial charge in [-0.2, -0.15) is 13.2 Å².